The molecular formula is C20H22N2O5. The minimum atomic E-state index is -1.54. The van der Waals surface area contributed by atoms with E-state index in [4.69, 9.17) is 9.84 Å². The maximum atomic E-state index is 11.3. The Labute approximate surface area is 157 Å². The van der Waals surface area contributed by atoms with Gasteiger partial charge in [-0.1, -0.05) is 0 Å². The van der Waals surface area contributed by atoms with Crippen LogP contribution in [0.25, 0.3) is 0 Å². The van der Waals surface area contributed by atoms with E-state index in [0.717, 1.165) is 16.7 Å². The SMILES string of the molecule is Cc1cc(NC(=O)C(=O)O)cc(C)c1Oc1ccc(O)c(CNC2CC2)c1. The Morgan fingerprint density at radius 2 is 1.81 bits per heavy atom. The predicted molar refractivity (Wildman–Crippen MR) is 100 cm³/mol. The third-order valence-electron chi connectivity index (χ3n) is 4.34. The highest BCUT2D eigenvalue weighted by Gasteiger charge is 2.20. The number of anilines is 1. The van der Waals surface area contributed by atoms with Gasteiger partial charge in [0, 0.05) is 23.8 Å². The monoisotopic (exact) mass is 370 g/mol. The van der Waals surface area contributed by atoms with Gasteiger partial charge in [0.05, 0.1) is 0 Å². The molecule has 4 N–H and O–H groups in total. The van der Waals surface area contributed by atoms with Crippen LogP contribution in [0.3, 0.4) is 0 Å². The van der Waals surface area contributed by atoms with Crippen molar-refractivity contribution in [3.05, 3.63) is 47.0 Å². The Morgan fingerprint density at radius 3 is 2.41 bits per heavy atom. The second-order valence-electron chi connectivity index (χ2n) is 6.75. The molecule has 2 aromatic rings. The van der Waals surface area contributed by atoms with Gasteiger partial charge in [0.15, 0.2) is 0 Å². The van der Waals surface area contributed by atoms with Gasteiger partial charge in [-0.25, -0.2) is 4.79 Å². The number of hydrogen-bond acceptors (Lipinski definition) is 5. The molecule has 142 valence electrons. The van der Waals surface area contributed by atoms with Gasteiger partial charge in [0.2, 0.25) is 0 Å². The molecule has 0 aromatic heterocycles. The summed E-state index contributed by atoms with van der Waals surface area (Å²) in [7, 11) is 0. The van der Waals surface area contributed by atoms with Crippen LogP contribution < -0.4 is 15.4 Å². The lowest BCUT2D eigenvalue weighted by Gasteiger charge is -2.15. The Kier molecular flexibility index (Phi) is 5.32. The summed E-state index contributed by atoms with van der Waals surface area (Å²) in [5, 5.41) is 24.4. The van der Waals surface area contributed by atoms with E-state index in [2.05, 4.69) is 10.6 Å². The molecule has 0 atom stereocenters. The number of hydrogen-bond donors (Lipinski definition) is 4. The summed E-state index contributed by atoms with van der Waals surface area (Å²) in [5.41, 5.74) is 2.66. The zero-order chi connectivity index (χ0) is 19.6. The molecule has 0 unspecified atom stereocenters. The van der Waals surface area contributed by atoms with Gasteiger partial charge in [-0.15, -0.1) is 0 Å². The number of carbonyl (C=O) groups excluding carboxylic acids is 1. The third kappa shape index (κ3) is 4.77. The molecule has 0 bridgehead atoms. The molecule has 0 radical (unpaired) electrons. The van der Waals surface area contributed by atoms with E-state index in [1.165, 1.54) is 12.8 Å². The van der Waals surface area contributed by atoms with E-state index < -0.39 is 11.9 Å². The van der Waals surface area contributed by atoms with Gasteiger partial charge in [-0.2, -0.15) is 0 Å². The molecule has 1 aliphatic carbocycles. The number of aliphatic carboxylic acids is 1. The Hall–Kier alpha value is -3.06. The van der Waals surface area contributed by atoms with E-state index in [-0.39, 0.29) is 5.75 Å². The lowest BCUT2D eigenvalue weighted by Crippen LogP contribution is -2.21. The topological polar surface area (TPSA) is 108 Å². The number of benzene rings is 2. The summed E-state index contributed by atoms with van der Waals surface area (Å²) in [6, 6.07) is 8.93. The molecule has 0 saturated heterocycles. The van der Waals surface area contributed by atoms with Crippen molar-refractivity contribution in [2.24, 2.45) is 0 Å². The van der Waals surface area contributed by atoms with Crippen molar-refractivity contribution in [3.63, 3.8) is 0 Å². The molecule has 0 spiro atoms. The van der Waals surface area contributed by atoms with Crippen LogP contribution in [-0.2, 0) is 16.1 Å². The lowest BCUT2D eigenvalue weighted by molar-refractivity contribution is -0.147. The zero-order valence-electron chi connectivity index (χ0n) is 15.2. The first kappa shape index (κ1) is 18.7. The zero-order valence-corrected chi connectivity index (χ0v) is 15.2. The van der Waals surface area contributed by atoms with Crippen molar-refractivity contribution >= 4 is 17.6 Å². The van der Waals surface area contributed by atoms with Crippen LogP contribution in [0.5, 0.6) is 17.2 Å². The first-order valence-corrected chi connectivity index (χ1v) is 8.72. The van der Waals surface area contributed by atoms with Gasteiger partial charge in [-0.05, 0) is 68.1 Å². The summed E-state index contributed by atoms with van der Waals surface area (Å²) in [5.74, 6) is -1.20. The molecule has 3 rings (SSSR count). The molecule has 1 amide bonds. The van der Waals surface area contributed by atoms with Crippen molar-refractivity contribution < 1.29 is 24.5 Å². The van der Waals surface area contributed by atoms with E-state index in [9.17, 15) is 14.7 Å². The maximum absolute atomic E-state index is 11.3. The highest BCUT2D eigenvalue weighted by Crippen LogP contribution is 2.33. The van der Waals surface area contributed by atoms with Crippen molar-refractivity contribution in [2.45, 2.75) is 39.3 Å². The van der Waals surface area contributed by atoms with Crippen molar-refractivity contribution in [2.75, 3.05) is 5.32 Å². The molecular weight excluding hydrogens is 348 g/mol. The number of phenolic OH excluding ortho intramolecular Hbond substituents is 1. The minimum absolute atomic E-state index is 0.218. The number of nitrogens with one attached hydrogen (secondary N) is 2. The Bertz CT molecular complexity index is 867. The van der Waals surface area contributed by atoms with Crippen molar-refractivity contribution in [1.29, 1.82) is 0 Å². The van der Waals surface area contributed by atoms with Crippen LogP contribution in [-0.4, -0.2) is 28.1 Å². The molecule has 27 heavy (non-hydrogen) atoms. The standard InChI is InChI=1S/C20H22N2O5/c1-11-7-15(22-19(24)20(25)26)8-12(2)18(11)27-16-5-6-17(23)13(9-16)10-21-14-3-4-14/h5-9,14,21,23H,3-4,10H2,1-2H3,(H,22,24)(H,25,26). The highest BCUT2D eigenvalue weighted by molar-refractivity contribution is 6.36. The summed E-state index contributed by atoms with van der Waals surface area (Å²) >= 11 is 0. The number of ether oxygens (including phenoxy) is 1. The maximum Gasteiger partial charge on any atom is 0.394 e. The van der Waals surface area contributed by atoms with E-state index in [1.807, 2.05) is 13.8 Å². The molecule has 1 saturated carbocycles. The number of amides is 1. The normalized spacial score (nSPS) is 13.3. The predicted octanol–water partition coefficient (Wildman–Crippen LogP) is 3.08. The summed E-state index contributed by atoms with van der Waals surface area (Å²) in [6.07, 6.45) is 2.33. The summed E-state index contributed by atoms with van der Waals surface area (Å²) < 4.78 is 6.00. The fourth-order valence-corrected chi connectivity index (χ4v) is 2.79. The lowest BCUT2D eigenvalue weighted by atomic mass is 10.1. The fraction of sp³-hybridized carbons (Fsp3) is 0.300. The Morgan fingerprint density at radius 1 is 1.15 bits per heavy atom. The molecule has 2 aromatic carbocycles. The van der Waals surface area contributed by atoms with Crippen molar-refractivity contribution in [1.82, 2.24) is 5.32 Å². The molecule has 1 fully saturated rings. The largest absolute Gasteiger partial charge is 0.508 e. The van der Waals surface area contributed by atoms with Gasteiger partial charge in [0.25, 0.3) is 0 Å². The molecule has 0 heterocycles. The van der Waals surface area contributed by atoms with Crippen LogP contribution in [0.2, 0.25) is 0 Å². The van der Waals surface area contributed by atoms with Crippen LogP contribution in [0.1, 0.15) is 29.5 Å². The second-order valence-corrected chi connectivity index (χ2v) is 6.75. The first-order chi connectivity index (χ1) is 12.8. The van der Waals surface area contributed by atoms with E-state index in [1.54, 1.807) is 30.3 Å². The first-order valence-electron chi connectivity index (χ1n) is 8.72. The van der Waals surface area contributed by atoms with Crippen LogP contribution >= 0.6 is 0 Å². The van der Waals surface area contributed by atoms with Crippen LogP contribution in [0, 0.1) is 13.8 Å². The Balaban J connectivity index is 1.77. The highest BCUT2D eigenvalue weighted by atomic mass is 16.5. The van der Waals surface area contributed by atoms with Crippen LogP contribution in [0.15, 0.2) is 30.3 Å². The average molecular weight is 370 g/mol. The van der Waals surface area contributed by atoms with Crippen molar-refractivity contribution in [3.8, 4) is 17.2 Å². The molecule has 7 heteroatoms. The summed E-state index contributed by atoms with van der Waals surface area (Å²) in [4.78, 5) is 22.0. The third-order valence-corrected chi connectivity index (χ3v) is 4.34. The fourth-order valence-electron chi connectivity index (χ4n) is 2.79. The average Bonchev–Trinajstić information content (AvgIpc) is 3.42. The van der Waals surface area contributed by atoms with E-state index in [0.29, 0.717) is 29.8 Å². The number of aryl methyl sites for hydroxylation is 2. The number of phenols is 1. The number of carboxylic acid groups (broad SMARTS) is 1. The number of rotatable bonds is 6. The number of aromatic hydroxyl groups is 1. The van der Waals surface area contributed by atoms with E-state index >= 15 is 0 Å². The number of carbonyl (C=O) groups is 2. The van der Waals surface area contributed by atoms with Gasteiger partial charge < -0.3 is 25.6 Å². The minimum Gasteiger partial charge on any atom is -0.508 e. The van der Waals surface area contributed by atoms with Gasteiger partial charge in [-0.3, -0.25) is 4.79 Å². The summed E-state index contributed by atoms with van der Waals surface area (Å²) in [6.45, 7) is 4.20. The van der Waals surface area contributed by atoms with Crippen LogP contribution in [0.4, 0.5) is 5.69 Å². The molecule has 7 nitrogen and oxygen atoms in total. The number of carboxylic acids is 1. The smallest absolute Gasteiger partial charge is 0.394 e. The molecule has 1 aliphatic rings. The quantitative estimate of drug-likeness (QED) is 0.582. The molecule has 0 aliphatic heterocycles. The second kappa shape index (κ2) is 7.67. The van der Waals surface area contributed by atoms with Gasteiger partial charge in [0.1, 0.15) is 17.2 Å². The van der Waals surface area contributed by atoms with Gasteiger partial charge >= 0.3 is 11.9 Å².